The van der Waals surface area contributed by atoms with E-state index in [0.717, 1.165) is 29.6 Å². The molecule has 0 amide bonds. The average Bonchev–Trinajstić information content (AvgIpc) is 3.52. The number of anilines is 1. The van der Waals surface area contributed by atoms with Gasteiger partial charge in [0.05, 0.1) is 29.6 Å². The molecule has 1 aliphatic rings. The lowest BCUT2D eigenvalue weighted by Crippen LogP contribution is -2.19. The lowest BCUT2D eigenvalue weighted by atomic mass is 10.1. The third kappa shape index (κ3) is 4.35. The maximum atomic E-state index is 14.9. The summed E-state index contributed by atoms with van der Waals surface area (Å²) in [5.41, 5.74) is 5.96. The van der Waals surface area contributed by atoms with E-state index in [9.17, 15) is 9.18 Å². The van der Waals surface area contributed by atoms with Crippen LogP contribution in [-0.4, -0.2) is 26.4 Å². The summed E-state index contributed by atoms with van der Waals surface area (Å²) in [6.45, 7) is 1.43. The Morgan fingerprint density at radius 1 is 0.974 bits per heavy atom. The fraction of sp³-hybridized carbons (Fsp3) is 0.179. The van der Waals surface area contributed by atoms with Gasteiger partial charge in [-0.1, -0.05) is 0 Å². The van der Waals surface area contributed by atoms with Gasteiger partial charge in [0.15, 0.2) is 11.6 Å². The maximum Gasteiger partial charge on any atom is 0.272 e. The number of rotatable bonds is 8. The van der Waals surface area contributed by atoms with E-state index in [4.69, 9.17) is 14.3 Å². The highest BCUT2D eigenvalue weighted by Gasteiger charge is 2.24. The molecule has 0 fully saturated rings. The monoisotopic (exact) mass is 513 g/mol. The van der Waals surface area contributed by atoms with E-state index in [1.807, 2.05) is 22.9 Å². The quantitative estimate of drug-likeness (QED) is 0.287. The number of methoxy groups -OCH3 is 1. The zero-order valence-electron chi connectivity index (χ0n) is 20.6. The molecule has 0 aliphatic carbocycles. The first-order valence-electron chi connectivity index (χ1n) is 12.1. The number of nitrogens with one attached hydrogen (secondary N) is 1. The van der Waals surface area contributed by atoms with Gasteiger partial charge in [0.1, 0.15) is 18.1 Å². The van der Waals surface area contributed by atoms with Crippen molar-refractivity contribution in [3.05, 3.63) is 94.9 Å². The first kappa shape index (κ1) is 23.7. The zero-order valence-corrected chi connectivity index (χ0v) is 20.6. The molecule has 5 aromatic rings. The third-order valence-corrected chi connectivity index (χ3v) is 6.49. The van der Waals surface area contributed by atoms with Crippen LogP contribution in [0.15, 0.2) is 78.0 Å². The topological polar surface area (TPSA) is 92.4 Å². The first-order chi connectivity index (χ1) is 18.6. The van der Waals surface area contributed by atoms with Gasteiger partial charge in [-0.15, -0.1) is 0 Å². The number of benzene rings is 2. The van der Waals surface area contributed by atoms with Crippen molar-refractivity contribution in [2.75, 3.05) is 12.6 Å². The number of nitrogens with zero attached hydrogens (tertiary/aromatic N) is 4. The van der Waals surface area contributed by atoms with E-state index in [1.165, 1.54) is 12.1 Å². The van der Waals surface area contributed by atoms with Gasteiger partial charge >= 0.3 is 0 Å². The Hall–Kier alpha value is -4.70. The minimum Gasteiger partial charge on any atom is -0.497 e. The molecule has 1 N–H and O–H groups in total. The van der Waals surface area contributed by atoms with Crippen LogP contribution in [0.25, 0.3) is 22.2 Å². The van der Waals surface area contributed by atoms with E-state index < -0.39 is 5.82 Å². The fourth-order valence-electron chi connectivity index (χ4n) is 4.71. The summed E-state index contributed by atoms with van der Waals surface area (Å²) in [4.78, 5) is 27.1. The van der Waals surface area contributed by atoms with Crippen LogP contribution in [0.4, 0.5) is 10.1 Å². The second kappa shape index (κ2) is 9.98. The molecule has 9 nitrogen and oxygen atoms in total. The van der Waals surface area contributed by atoms with Crippen molar-refractivity contribution in [3.8, 4) is 28.5 Å². The summed E-state index contributed by atoms with van der Waals surface area (Å²) < 4.78 is 29.8. The van der Waals surface area contributed by atoms with Gasteiger partial charge in [0.2, 0.25) is 0 Å². The Bertz CT molecular complexity index is 1680. The lowest BCUT2D eigenvalue weighted by Gasteiger charge is -2.12. The van der Waals surface area contributed by atoms with E-state index in [1.54, 1.807) is 54.6 Å². The molecule has 6 rings (SSSR count). The second-order valence-electron chi connectivity index (χ2n) is 8.80. The average molecular weight is 514 g/mol. The molecule has 2 aromatic carbocycles. The number of hydrogen-bond acceptors (Lipinski definition) is 7. The standard InChI is InChI=1S/C28H24FN5O4/c1-36-20-4-5-21-24(16-20)31-12-9-25(21)38-26-6-3-19(15-23(26)29)32-37-17-22-27(18-7-10-30-11-8-18)33-13-2-14-34(33)28(22)35/h3-12,15-16,32H,2,13-14,17H2,1H3. The van der Waals surface area contributed by atoms with Crippen molar-refractivity contribution in [1.82, 2.24) is 19.3 Å². The van der Waals surface area contributed by atoms with Gasteiger partial charge in [-0.25, -0.2) is 9.07 Å². The largest absolute Gasteiger partial charge is 0.497 e. The van der Waals surface area contributed by atoms with E-state index in [0.29, 0.717) is 34.8 Å². The molecule has 0 saturated carbocycles. The van der Waals surface area contributed by atoms with Gasteiger partial charge in [-0.3, -0.25) is 29.8 Å². The smallest absolute Gasteiger partial charge is 0.272 e. The molecular weight excluding hydrogens is 489 g/mol. The minimum atomic E-state index is -0.572. The molecule has 0 spiro atoms. The molecule has 3 aromatic heterocycles. The molecule has 0 atom stereocenters. The molecule has 1 aliphatic heterocycles. The summed E-state index contributed by atoms with van der Waals surface area (Å²) in [7, 11) is 1.58. The Labute approximate surface area is 217 Å². The van der Waals surface area contributed by atoms with Crippen LogP contribution in [-0.2, 0) is 24.5 Å². The SMILES string of the molecule is COc1ccc2c(Oc3ccc(NOCc4c(-c5ccncc5)n5n(c4=O)CCC5)cc3F)ccnc2c1. The van der Waals surface area contributed by atoms with Gasteiger partial charge in [-0.05, 0) is 48.9 Å². The minimum absolute atomic E-state index is 0.00975. The zero-order chi connectivity index (χ0) is 26.1. The fourth-order valence-corrected chi connectivity index (χ4v) is 4.71. The van der Waals surface area contributed by atoms with E-state index in [-0.39, 0.29) is 17.9 Å². The van der Waals surface area contributed by atoms with Gasteiger partial charge in [0, 0.05) is 54.8 Å². The summed E-state index contributed by atoms with van der Waals surface area (Å²) in [6, 6.07) is 15.2. The second-order valence-corrected chi connectivity index (χ2v) is 8.80. The van der Waals surface area contributed by atoms with Gasteiger partial charge in [-0.2, -0.15) is 0 Å². The molecule has 0 saturated heterocycles. The normalized spacial score (nSPS) is 12.5. The summed E-state index contributed by atoms with van der Waals surface area (Å²) in [5.74, 6) is 0.627. The van der Waals surface area contributed by atoms with Crippen LogP contribution >= 0.6 is 0 Å². The van der Waals surface area contributed by atoms with Crippen molar-refractivity contribution in [2.45, 2.75) is 26.1 Å². The number of ether oxygens (including phenoxy) is 2. The van der Waals surface area contributed by atoms with Gasteiger partial charge in [0.25, 0.3) is 5.56 Å². The molecule has 4 heterocycles. The number of halogens is 1. The number of fused-ring (bicyclic) bond motifs is 2. The molecule has 192 valence electrons. The molecule has 0 unspecified atom stereocenters. The summed E-state index contributed by atoms with van der Waals surface area (Å²) in [6.07, 6.45) is 5.89. The number of hydrogen-bond donors (Lipinski definition) is 1. The third-order valence-electron chi connectivity index (χ3n) is 6.49. The van der Waals surface area contributed by atoms with Crippen LogP contribution in [0.1, 0.15) is 12.0 Å². The van der Waals surface area contributed by atoms with E-state index >= 15 is 0 Å². The van der Waals surface area contributed by atoms with Crippen LogP contribution in [0, 0.1) is 5.82 Å². The summed E-state index contributed by atoms with van der Waals surface area (Å²) >= 11 is 0. The Morgan fingerprint density at radius 3 is 2.63 bits per heavy atom. The molecule has 38 heavy (non-hydrogen) atoms. The summed E-state index contributed by atoms with van der Waals surface area (Å²) in [5, 5.41) is 0.731. The van der Waals surface area contributed by atoms with Crippen molar-refractivity contribution in [3.63, 3.8) is 0 Å². The highest BCUT2D eigenvalue weighted by molar-refractivity contribution is 5.86. The maximum absolute atomic E-state index is 14.9. The molecule has 0 radical (unpaired) electrons. The van der Waals surface area contributed by atoms with Crippen LogP contribution in [0.2, 0.25) is 0 Å². The van der Waals surface area contributed by atoms with Crippen LogP contribution in [0.5, 0.6) is 17.2 Å². The Morgan fingerprint density at radius 2 is 1.82 bits per heavy atom. The van der Waals surface area contributed by atoms with Crippen LogP contribution < -0.4 is 20.5 Å². The molecule has 10 heteroatoms. The predicted octanol–water partition coefficient (Wildman–Crippen LogP) is 5.15. The predicted molar refractivity (Wildman–Crippen MR) is 140 cm³/mol. The highest BCUT2D eigenvalue weighted by Crippen LogP contribution is 2.33. The molecule has 0 bridgehead atoms. The van der Waals surface area contributed by atoms with Crippen molar-refractivity contribution in [2.24, 2.45) is 0 Å². The first-order valence-corrected chi connectivity index (χ1v) is 12.1. The van der Waals surface area contributed by atoms with Crippen molar-refractivity contribution >= 4 is 16.6 Å². The van der Waals surface area contributed by atoms with Crippen LogP contribution in [0.3, 0.4) is 0 Å². The lowest BCUT2D eigenvalue weighted by molar-refractivity contribution is 0.179. The number of pyridine rings is 2. The van der Waals surface area contributed by atoms with Gasteiger partial charge < -0.3 is 9.47 Å². The Balaban J connectivity index is 1.18. The van der Waals surface area contributed by atoms with E-state index in [2.05, 4.69) is 15.4 Å². The Kier molecular flexibility index (Phi) is 6.22. The highest BCUT2D eigenvalue weighted by atomic mass is 19.1. The molecular formula is C28H24FN5O4. The number of aromatic nitrogens is 4. The van der Waals surface area contributed by atoms with Crippen molar-refractivity contribution < 1.29 is 18.7 Å². The van der Waals surface area contributed by atoms with Crippen molar-refractivity contribution in [1.29, 1.82) is 0 Å².